The second-order valence-corrected chi connectivity index (χ2v) is 10.3. The van der Waals surface area contributed by atoms with Crippen molar-refractivity contribution < 1.29 is 0 Å². The fraction of sp³-hybridized carbons (Fsp3) is 0. The van der Waals surface area contributed by atoms with Crippen LogP contribution in [0.2, 0.25) is 0 Å². The van der Waals surface area contributed by atoms with Gasteiger partial charge in [-0.2, -0.15) is 0 Å². The van der Waals surface area contributed by atoms with Gasteiger partial charge in [-0.1, -0.05) is 84.6 Å². The molecule has 8 rings (SSSR count). The van der Waals surface area contributed by atoms with Crippen LogP contribution in [0.1, 0.15) is 0 Å². The van der Waals surface area contributed by atoms with E-state index in [1.807, 2.05) is 24.0 Å². The highest BCUT2D eigenvalue weighted by Gasteiger charge is 2.35. The third-order valence-corrected chi connectivity index (χ3v) is 8.31. The molecule has 2 aliphatic rings. The first-order chi connectivity index (χ1) is 18.4. The number of hydrogen-bond acceptors (Lipinski definition) is 4. The highest BCUT2D eigenvalue weighted by atomic mass is 32.2. The number of anilines is 6. The monoisotopic (exact) mass is 491 g/mol. The predicted molar refractivity (Wildman–Crippen MR) is 154 cm³/mol. The molecule has 37 heavy (non-hydrogen) atoms. The van der Waals surface area contributed by atoms with Crippen molar-refractivity contribution in [2.45, 2.75) is 9.79 Å². The molecule has 0 fully saturated rings. The van der Waals surface area contributed by atoms with Crippen LogP contribution in [-0.2, 0) is 0 Å². The van der Waals surface area contributed by atoms with Gasteiger partial charge in [0.2, 0.25) is 0 Å². The Bertz CT molecular complexity index is 1810. The van der Waals surface area contributed by atoms with Gasteiger partial charge in [-0.25, -0.2) is 4.98 Å². The number of benzene rings is 5. The van der Waals surface area contributed by atoms with E-state index in [9.17, 15) is 0 Å². The molecule has 0 aliphatic carbocycles. The van der Waals surface area contributed by atoms with E-state index >= 15 is 0 Å². The van der Waals surface area contributed by atoms with Gasteiger partial charge in [0.25, 0.3) is 0 Å². The second kappa shape index (κ2) is 7.99. The van der Waals surface area contributed by atoms with Crippen molar-refractivity contribution in [1.82, 2.24) is 4.98 Å². The van der Waals surface area contributed by atoms with Crippen molar-refractivity contribution >= 4 is 56.8 Å². The second-order valence-electron chi connectivity index (χ2n) is 9.25. The molecule has 4 heteroatoms. The Labute approximate surface area is 219 Å². The molecule has 0 unspecified atom stereocenters. The van der Waals surface area contributed by atoms with Crippen LogP contribution in [0, 0.1) is 0 Å². The summed E-state index contributed by atoms with van der Waals surface area (Å²) in [6, 6.07) is 43.3. The number of pyridine rings is 1. The molecular weight excluding hydrogens is 470 g/mol. The zero-order valence-corrected chi connectivity index (χ0v) is 20.7. The van der Waals surface area contributed by atoms with Crippen LogP contribution in [0.25, 0.3) is 21.9 Å². The molecule has 1 aromatic heterocycles. The fourth-order valence-corrected chi connectivity index (χ4v) is 6.76. The maximum atomic E-state index is 4.85. The van der Waals surface area contributed by atoms with Gasteiger partial charge in [0.15, 0.2) is 0 Å². The molecule has 0 atom stereocenters. The van der Waals surface area contributed by atoms with Gasteiger partial charge in [0.05, 0.1) is 22.7 Å². The van der Waals surface area contributed by atoms with Crippen molar-refractivity contribution in [3.63, 3.8) is 0 Å². The Morgan fingerprint density at radius 1 is 0.514 bits per heavy atom. The maximum Gasteiger partial charge on any atom is 0.137 e. The van der Waals surface area contributed by atoms with E-state index in [0.29, 0.717) is 0 Å². The zero-order valence-electron chi connectivity index (χ0n) is 19.9. The quantitative estimate of drug-likeness (QED) is 0.240. The number of nitrogens with zero attached hydrogens (tertiary/aromatic N) is 3. The van der Waals surface area contributed by atoms with Gasteiger partial charge in [0, 0.05) is 32.6 Å². The first kappa shape index (κ1) is 20.6. The maximum absolute atomic E-state index is 4.85. The lowest BCUT2D eigenvalue weighted by molar-refractivity contribution is 1.12. The lowest BCUT2D eigenvalue weighted by Crippen LogP contribution is -2.22. The smallest absolute Gasteiger partial charge is 0.137 e. The van der Waals surface area contributed by atoms with E-state index in [1.54, 1.807) is 0 Å². The summed E-state index contributed by atoms with van der Waals surface area (Å²) in [5, 5.41) is 2.50. The number of aromatic nitrogens is 1. The van der Waals surface area contributed by atoms with Crippen LogP contribution in [0.15, 0.2) is 137 Å². The molecule has 0 saturated carbocycles. The molecule has 174 valence electrons. The summed E-state index contributed by atoms with van der Waals surface area (Å²) in [5.74, 6) is 0.913. The molecular formula is C33H21N3S. The Balaban J connectivity index is 1.52. The third-order valence-electron chi connectivity index (χ3n) is 7.19. The van der Waals surface area contributed by atoms with E-state index in [4.69, 9.17) is 4.98 Å². The molecule has 2 aliphatic heterocycles. The molecule has 3 nitrogen and oxygen atoms in total. The largest absolute Gasteiger partial charge is 0.306 e. The zero-order chi connectivity index (χ0) is 24.3. The summed E-state index contributed by atoms with van der Waals surface area (Å²) >= 11 is 1.84. The summed E-state index contributed by atoms with van der Waals surface area (Å²) < 4.78 is 0. The Morgan fingerprint density at radius 3 is 2.16 bits per heavy atom. The topological polar surface area (TPSA) is 19.4 Å². The van der Waals surface area contributed by atoms with Gasteiger partial charge in [-0.15, -0.1) is 0 Å². The van der Waals surface area contributed by atoms with Crippen LogP contribution >= 0.6 is 11.8 Å². The Kier molecular flexibility index (Phi) is 4.45. The number of rotatable bonds is 2. The van der Waals surface area contributed by atoms with E-state index in [0.717, 1.165) is 22.9 Å². The van der Waals surface area contributed by atoms with E-state index < -0.39 is 0 Å². The van der Waals surface area contributed by atoms with Crippen LogP contribution < -0.4 is 9.80 Å². The third kappa shape index (κ3) is 3.00. The minimum atomic E-state index is 0.913. The van der Waals surface area contributed by atoms with Crippen LogP contribution in [0.3, 0.4) is 0 Å². The minimum Gasteiger partial charge on any atom is -0.306 e. The Morgan fingerprint density at radius 2 is 1.30 bits per heavy atom. The van der Waals surface area contributed by atoms with Gasteiger partial charge in [-0.3, -0.25) is 4.90 Å². The number of hydrogen-bond donors (Lipinski definition) is 0. The summed E-state index contributed by atoms with van der Waals surface area (Å²) in [4.78, 5) is 12.1. The van der Waals surface area contributed by atoms with Crippen LogP contribution in [0.4, 0.5) is 34.3 Å². The summed E-state index contributed by atoms with van der Waals surface area (Å²) in [7, 11) is 0. The van der Waals surface area contributed by atoms with E-state index in [-0.39, 0.29) is 0 Å². The van der Waals surface area contributed by atoms with E-state index in [1.165, 1.54) is 43.1 Å². The van der Waals surface area contributed by atoms with Gasteiger partial charge >= 0.3 is 0 Å². The lowest BCUT2D eigenvalue weighted by atomic mass is 9.90. The molecule has 0 spiro atoms. The molecule has 6 aromatic rings. The molecule has 0 saturated heterocycles. The van der Waals surface area contributed by atoms with Crippen molar-refractivity contribution in [3.8, 4) is 11.1 Å². The highest BCUT2D eigenvalue weighted by molar-refractivity contribution is 7.99. The normalized spacial score (nSPS) is 13.2. The highest BCUT2D eigenvalue weighted by Crippen LogP contribution is 2.61. The number of para-hydroxylation sites is 2. The fourth-order valence-electron chi connectivity index (χ4n) is 5.69. The molecule has 0 N–H and O–H groups in total. The molecule has 0 amide bonds. The average Bonchev–Trinajstić information content (AvgIpc) is 2.97. The average molecular weight is 492 g/mol. The number of fused-ring (bicyclic) bond motifs is 5. The molecule has 5 aromatic carbocycles. The molecule has 0 radical (unpaired) electrons. The summed E-state index contributed by atoms with van der Waals surface area (Å²) in [6.45, 7) is 0. The molecule has 3 heterocycles. The lowest BCUT2D eigenvalue weighted by Gasteiger charge is -2.40. The molecule has 0 bridgehead atoms. The first-order valence-electron chi connectivity index (χ1n) is 12.4. The van der Waals surface area contributed by atoms with Crippen molar-refractivity contribution in [3.05, 3.63) is 128 Å². The van der Waals surface area contributed by atoms with Gasteiger partial charge < -0.3 is 4.90 Å². The first-order valence-corrected chi connectivity index (χ1v) is 13.2. The SMILES string of the molecule is c1ccc(N2c3ccccc3Sc3ccc4c(c32)N(c2ccccn2)c2cccc3cccc-4c23)cc1. The standard InChI is InChI=1S/C33H21N3S/c1-2-12-23(13-3-1)35-26-15-4-5-17-28(26)37-29-20-19-25-24-14-8-10-22-11-9-16-27(31(22)24)36(32(25)33(29)35)30-18-6-7-21-34-30/h1-21H. The minimum absolute atomic E-state index is 0.913. The van der Waals surface area contributed by atoms with Gasteiger partial charge in [-0.05, 0) is 59.5 Å². The van der Waals surface area contributed by atoms with Crippen LogP contribution in [0.5, 0.6) is 0 Å². The summed E-state index contributed by atoms with van der Waals surface area (Å²) in [5.41, 5.74) is 8.31. The van der Waals surface area contributed by atoms with Crippen molar-refractivity contribution in [2.24, 2.45) is 0 Å². The van der Waals surface area contributed by atoms with Crippen LogP contribution in [-0.4, -0.2) is 4.98 Å². The van der Waals surface area contributed by atoms with E-state index in [2.05, 4.69) is 125 Å². The van der Waals surface area contributed by atoms with Gasteiger partial charge in [0.1, 0.15) is 5.82 Å². The van der Waals surface area contributed by atoms with Crippen molar-refractivity contribution in [1.29, 1.82) is 0 Å². The summed E-state index contributed by atoms with van der Waals surface area (Å²) in [6.07, 6.45) is 1.88. The van der Waals surface area contributed by atoms with Crippen molar-refractivity contribution in [2.75, 3.05) is 9.80 Å². The Hall–Kier alpha value is -4.54. The predicted octanol–water partition coefficient (Wildman–Crippen LogP) is 9.62.